The number of nitriles is 1. The molecule has 0 aromatic heterocycles. The van der Waals surface area contributed by atoms with Gasteiger partial charge in [-0.1, -0.05) is 0 Å². The monoisotopic (exact) mass is 359 g/mol. The number of halogens is 1. The molecule has 1 rings (SSSR count). The number of carbonyl (C=O) groups is 1. The Morgan fingerprint density at radius 3 is 2.89 bits per heavy atom. The van der Waals surface area contributed by atoms with Crippen LogP contribution in [0.1, 0.15) is 5.56 Å². The third kappa shape index (κ3) is 3.92. The first kappa shape index (κ1) is 14.3. The summed E-state index contributed by atoms with van der Waals surface area (Å²) in [4.78, 5) is 10.4. The standard InChI is InChI=1S/C12H10INO4/c1-17-10-7-8(2-3-11(15)16)6-9(13)12(10)18-5-4-14/h2-3,6-7H,5H2,1H3,(H,15,16)/b3-2+. The molecule has 0 fully saturated rings. The minimum Gasteiger partial charge on any atom is -0.493 e. The van der Waals surface area contributed by atoms with Crippen molar-refractivity contribution in [2.45, 2.75) is 0 Å². The molecule has 0 saturated carbocycles. The summed E-state index contributed by atoms with van der Waals surface area (Å²) >= 11 is 2.04. The van der Waals surface area contributed by atoms with Crippen LogP contribution in [0.5, 0.6) is 11.5 Å². The summed E-state index contributed by atoms with van der Waals surface area (Å²) in [5.41, 5.74) is 0.683. The highest BCUT2D eigenvalue weighted by atomic mass is 127. The van der Waals surface area contributed by atoms with E-state index in [1.54, 1.807) is 12.1 Å². The molecule has 0 atom stereocenters. The Morgan fingerprint density at radius 1 is 1.61 bits per heavy atom. The first-order valence-electron chi connectivity index (χ1n) is 4.86. The molecule has 0 saturated heterocycles. The Labute approximate surface area is 118 Å². The normalized spacial score (nSPS) is 10.1. The second-order valence-corrected chi connectivity index (χ2v) is 4.31. The van der Waals surface area contributed by atoms with Crippen LogP contribution in [-0.2, 0) is 4.79 Å². The van der Waals surface area contributed by atoms with Gasteiger partial charge in [-0.3, -0.25) is 0 Å². The van der Waals surface area contributed by atoms with E-state index in [2.05, 4.69) is 0 Å². The van der Waals surface area contributed by atoms with Crippen LogP contribution in [0.2, 0.25) is 0 Å². The molecular weight excluding hydrogens is 349 g/mol. The largest absolute Gasteiger partial charge is 0.493 e. The molecule has 0 bridgehead atoms. The number of aliphatic carboxylic acids is 1. The van der Waals surface area contributed by atoms with E-state index >= 15 is 0 Å². The third-order valence-corrected chi connectivity index (χ3v) is 2.75. The summed E-state index contributed by atoms with van der Waals surface area (Å²) in [5.74, 6) is -0.0805. The predicted molar refractivity (Wildman–Crippen MR) is 73.5 cm³/mol. The average molecular weight is 359 g/mol. The minimum atomic E-state index is -1.02. The van der Waals surface area contributed by atoms with Crippen LogP contribution in [0, 0.1) is 14.9 Å². The van der Waals surface area contributed by atoms with E-state index in [0.29, 0.717) is 17.1 Å². The van der Waals surface area contributed by atoms with Crippen molar-refractivity contribution in [3.8, 4) is 17.6 Å². The fourth-order valence-corrected chi connectivity index (χ4v) is 2.03. The number of carboxylic acid groups (broad SMARTS) is 1. The predicted octanol–water partition coefficient (Wildman–Crippen LogP) is 2.30. The lowest BCUT2D eigenvalue weighted by Gasteiger charge is -2.11. The minimum absolute atomic E-state index is 0.0727. The van der Waals surface area contributed by atoms with Gasteiger partial charge in [0.25, 0.3) is 0 Å². The Morgan fingerprint density at radius 2 is 2.33 bits per heavy atom. The van der Waals surface area contributed by atoms with Gasteiger partial charge < -0.3 is 14.6 Å². The van der Waals surface area contributed by atoms with Gasteiger partial charge >= 0.3 is 5.97 Å². The SMILES string of the molecule is COc1cc(/C=C/C(=O)O)cc(I)c1OCC#N. The summed E-state index contributed by atoms with van der Waals surface area (Å²) in [6, 6.07) is 5.27. The number of ether oxygens (including phenoxy) is 2. The second-order valence-electron chi connectivity index (χ2n) is 3.15. The number of hydrogen-bond donors (Lipinski definition) is 1. The van der Waals surface area contributed by atoms with Crippen molar-refractivity contribution in [1.29, 1.82) is 5.26 Å². The van der Waals surface area contributed by atoms with Crippen LogP contribution < -0.4 is 9.47 Å². The van der Waals surface area contributed by atoms with Crippen molar-refractivity contribution in [1.82, 2.24) is 0 Å². The fourth-order valence-electron chi connectivity index (χ4n) is 1.25. The van der Waals surface area contributed by atoms with Crippen LogP contribution in [0.4, 0.5) is 0 Å². The highest BCUT2D eigenvalue weighted by Crippen LogP contribution is 2.34. The van der Waals surface area contributed by atoms with Crippen LogP contribution >= 0.6 is 22.6 Å². The average Bonchev–Trinajstić information content (AvgIpc) is 2.34. The Bertz CT molecular complexity index is 520. The second kappa shape index (κ2) is 6.86. The van der Waals surface area contributed by atoms with Crippen LogP contribution in [0.3, 0.4) is 0 Å². The van der Waals surface area contributed by atoms with Crippen molar-refractivity contribution in [2.24, 2.45) is 0 Å². The Hall–Kier alpha value is -1.75. The molecule has 5 nitrogen and oxygen atoms in total. The molecular formula is C12H10INO4. The summed E-state index contributed by atoms with van der Waals surface area (Å²) in [7, 11) is 1.48. The first-order valence-corrected chi connectivity index (χ1v) is 5.94. The zero-order valence-corrected chi connectivity index (χ0v) is 11.7. The van der Waals surface area contributed by atoms with Gasteiger partial charge in [-0.05, 0) is 46.4 Å². The van der Waals surface area contributed by atoms with Gasteiger partial charge in [0, 0.05) is 6.08 Å². The molecule has 1 N–H and O–H groups in total. The van der Waals surface area contributed by atoms with Crippen molar-refractivity contribution >= 4 is 34.6 Å². The molecule has 1 aromatic carbocycles. The van der Waals surface area contributed by atoms with E-state index in [-0.39, 0.29) is 6.61 Å². The van der Waals surface area contributed by atoms with Gasteiger partial charge in [-0.15, -0.1) is 0 Å². The number of hydrogen-bond acceptors (Lipinski definition) is 4. The Balaban J connectivity index is 3.10. The van der Waals surface area contributed by atoms with Gasteiger partial charge in [0.2, 0.25) is 0 Å². The van der Waals surface area contributed by atoms with Crippen LogP contribution in [0.15, 0.2) is 18.2 Å². The van der Waals surface area contributed by atoms with Crippen LogP contribution in [-0.4, -0.2) is 24.8 Å². The third-order valence-electron chi connectivity index (χ3n) is 1.95. The molecule has 6 heteroatoms. The summed E-state index contributed by atoms with van der Waals surface area (Å²) in [5, 5.41) is 17.0. The number of rotatable bonds is 5. The number of nitrogens with zero attached hydrogens (tertiary/aromatic N) is 1. The van der Waals surface area contributed by atoms with Gasteiger partial charge in [0.05, 0.1) is 10.7 Å². The van der Waals surface area contributed by atoms with Crippen molar-refractivity contribution in [3.63, 3.8) is 0 Å². The molecule has 0 unspecified atom stereocenters. The molecule has 0 radical (unpaired) electrons. The molecule has 18 heavy (non-hydrogen) atoms. The van der Waals surface area contributed by atoms with Gasteiger partial charge in [-0.25, -0.2) is 4.79 Å². The lowest BCUT2D eigenvalue weighted by atomic mass is 10.2. The maximum absolute atomic E-state index is 10.4. The highest BCUT2D eigenvalue weighted by molar-refractivity contribution is 14.1. The number of methoxy groups -OCH3 is 1. The zero-order chi connectivity index (χ0) is 13.5. The van der Waals surface area contributed by atoms with E-state index in [0.717, 1.165) is 9.65 Å². The van der Waals surface area contributed by atoms with Gasteiger partial charge in [-0.2, -0.15) is 5.26 Å². The summed E-state index contributed by atoms with van der Waals surface area (Å²) in [6.07, 6.45) is 2.50. The van der Waals surface area contributed by atoms with E-state index in [4.69, 9.17) is 19.8 Å². The van der Waals surface area contributed by atoms with Crippen molar-refractivity contribution in [2.75, 3.05) is 13.7 Å². The fraction of sp³-hybridized carbons (Fsp3) is 0.167. The van der Waals surface area contributed by atoms with Gasteiger partial charge in [0.1, 0.15) is 6.07 Å². The first-order chi connectivity index (χ1) is 8.58. The highest BCUT2D eigenvalue weighted by Gasteiger charge is 2.10. The van der Waals surface area contributed by atoms with Gasteiger partial charge in [0.15, 0.2) is 18.1 Å². The summed E-state index contributed by atoms with van der Waals surface area (Å²) < 4.78 is 11.1. The molecule has 0 spiro atoms. The number of carboxylic acids is 1. The summed E-state index contributed by atoms with van der Waals surface area (Å²) in [6.45, 7) is -0.0727. The molecule has 1 aromatic rings. The van der Waals surface area contributed by atoms with E-state index in [1.165, 1.54) is 13.2 Å². The molecule has 0 aliphatic heterocycles. The topological polar surface area (TPSA) is 79.6 Å². The molecule has 94 valence electrons. The molecule has 0 aliphatic carbocycles. The smallest absolute Gasteiger partial charge is 0.328 e. The lowest BCUT2D eigenvalue weighted by Crippen LogP contribution is -1.99. The maximum atomic E-state index is 10.4. The quantitative estimate of drug-likeness (QED) is 0.645. The van der Waals surface area contributed by atoms with E-state index in [1.807, 2.05) is 28.7 Å². The Kier molecular flexibility index (Phi) is 5.45. The van der Waals surface area contributed by atoms with E-state index < -0.39 is 5.97 Å². The maximum Gasteiger partial charge on any atom is 0.328 e. The molecule has 0 heterocycles. The zero-order valence-electron chi connectivity index (χ0n) is 9.51. The van der Waals surface area contributed by atoms with Crippen molar-refractivity contribution in [3.05, 3.63) is 27.3 Å². The number of benzene rings is 1. The van der Waals surface area contributed by atoms with Crippen molar-refractivity contribution < 1.29 is 19.4 Å². The lowest BCUT2D eigenvalue weighted by molar-refractivity contribution is -0.131. The van der Waals surface area contributed by atoms with E-state index in [9.17, 15) is 4.79 Å². The van der Waals surface area contributed by atoms with Crippen LogP contribution in [0.25, 0.3) is 6.08 Å². The molecule has 0 amide bonds. The molecule has 0 aliphatic rings.